The van der Waals surface area contributed by atoms with Gasteiger partial charge in [0, 0.05) is 0 Å². The van der Waals surface area contributed by atoms with Gasteiger partial charge in [0.25, 0.3) is 0 Å². The van der Waals surface area contributed by atoms with Gasteiger partial charge in [-0.15, -0.1) is 0 Å². The minimum absolute atomic E-state index is 0.0281. The maximum absolute atomic E-state index is 11.9. The van der Waals surface area contributed by atoms with Crippen molar-refractivity contribution in [3.8, 4) is 5.75 Å². The van der Waals surface area contributed by atoms with Crippen molar-refractivity contribution in [2.45, 2.75) is 24.5 Å². The first-order valence-corrected chi connectivity index (χ1v) is 7.82. The van der Waals surface area contributed by atoms with Crippen molar-refractivity contribution in [1.29, 1.82) is 0 Å². The van der Waals surface area contributed by atoms with Crippen molar-refractivity contribution in [2.75, 3.05) is 19.5 Å². The molecule has 1 saturated heterocycles. The number of nitrogen functional groups attached to an aromatic ring is 1. The summed E-state index contributed by atoms with van der Waals surface area (Å²) in [5, 5.41) is 19.4. The molecule has 0 bridgehead atoms. The van der Waals surface area contributed by atoms with Gasteiger partial charge in [0.2, 0.25) is 0 Å². The van der Waals surface area contributed by atoms with E-state index in [1.165, 1.54) is 7.11 Å². The lowest BCUT2D eigenvalue weighted by Gasteiger charge is -2.20. The monoisotopic (exact) mass is 353 g/mol. The van der Waals surface area contributed by atoms with Crippen molar-refractivity contribution in [3.05, 3.63) is 16.7 Å². The Morgan fingerprint density at radius 2 is 2.17 bits per heavy atom. The number of aliphatic hydroxyl groups is 2. The molecule has 0 saturated carbocycles. The van der Waals surface area contributed by atoms with Crippen LogP contribution in [0.25, 0.3) is 0 Å². The summed E-state index contributed by atoms with van der Waals surface area (Å²) in [5.41, 5.74) is 4.59. The van der Waals surface area contributed by atoms with E-state index in [-0.39, 0.29) is 11.6 Å². The number of nitrogens with two attached hydrogens (primary N) is 1. The molecule has 23 heavy (non-hydrogen) atoms. The molecule has 1 aromatic heterocycles. The van der Waals surface area contributed by atoms with Crippen molar-refractivity contribution >= 4 is 13.6 Å². The predicted octanol–water partition coefficient (Wildman–Crippen LogP) is -2.44. The fourth-order valence-electron chi connectivity index (χ4n) is 2.19. The summed E-state index contributed by atoms with van der Waals surface area (Å²) >= 11 is 0. The number of nitrogens with zero attached hydrogens (tertiary/aromatic N) is 2. The number of aliphatic hydroxyl groups excluding tert-OH is 2. The van der Waals surface area contributed by atoms with Crippen LogP contribution in [0.2, 0.25) is 0 Å². The Bertz CT molecular complexity index is 674. The summed E-state index contributed by atoms with van der Waals surface area (Å²) in [5.74, 6) is -0.150. The molecule has 0 aromatic carbocycles. The highest BCUT2D eigenvalue weighted by atomic mass is 31.2. The van der Waals surface area contributed by atoms with Gasteiger partial charge in [-0.25, -0.2) is 9.36 Å². The third-order valence-electron chi connectivity index (χ3n) is 3.19. The molecule has 0 radical (unpaired) electrons. The second-order valence-corrected chi connectivity index (χ2v) is 5.88. The van der Waals surface area contributed by atoms with E-state index in [1.807, 2.05) is 0 Å². The fraction of sp³-hybridized carbons (Fsp3) is 0.600. The summed E-state index contributed by atoms with van der Waals surface area (Å²) in [6, 6.07) is 0. The molecule has 1 aliphatic heterocycles. The highest BCUT2D eigenvalue weighted by molar-refractivity contribution is 7.46. The Morgan fingerprint density at radius 1 is 1.52 bits per heavy atom. The van der Waals surface area contributed by atoms with E-state index in [4.69, 9.17) is 25.0 Å². The Kier molecular flexibility index (Phi) is 5.06. The van der Waals surface area contributed by atoms with Crippen molar-refractivity contribution in [3.63, 3.8) is 0 Å². The number of hydrogen-bond donors (Lipinski definition) is 5. The van der Waals surface area contributed by atoms with E-state index in [1.54, 1.807) is 0 Å². The van der Waals surface area contributed by atoms with Crippen LogP contribution in [0.4, 0.5) is 5.82 Å². The highest BCUT2D eigenvalue weighted by Gasteiger charge is 2.48. The quantitative estimate of drug-likeness (QED) is 0.354. The van der Waals surface area contributed by atoms with E-state index in [0.717, 1.165) is 10.8 Å². The first-order chi connectivity index (χ1) is 10.7. The van der Waals surface area contributed by atoms with Gasteiger partial charge in [-0.2, -0.15) is 4.98 Å². The van der Waals surface area contributed by atoms with Gasteiger partial charge in [0.05, 0.1) is 19.9 Å². The first-order valence-electron chi connectivity index (χ1n) is 6.29. The van der Waals surface area contributed by atoms with E-state index < -0.39 is 44.7 Å². The number of phosphoric acid groups is 1. The molecule has 0 amide bonds. The molecule has 4 atom stereocenters. The zero-order valence-corrected chi connectivity index (χ0v) is 12.7. The molecule has 0 spiro atoms. The molecule has 13 heteroatoms. The van der Waals surface area contributed by atoms with E-state index in [2.05, 4.69) is 9.51 Å². The molecular formula is C10H16N3O9P. The van der Waals surface area contributed by atoms with Crippen LogP contribution >= 0.6 is 7.82 Å². The summed E-state index contributed by atoms with van der Waals surface area (Å²) in [6.45, 7) is -0.702. The van der Waals surface area contributed by atoms with Gasteiger partial charge in [-0.3, -0.25) is 9.09 Å². The standard InChI is InChI=1S/C10H16N3O9P/c1-20-4-2-13(10(16)12-8(4)11)9-6(15)7(5(3-14)21-9)22-23(17,18)19/h2,5-7,9,14-15H,3H2,1H3,(H2,11,12,16)(H2,17,18,19)/t5-,6-,7-,9-/m1/s1. The van der Waals surface area contributed by atoms with Gasteiger partial charge in [0.1, 0.15) is 18.3 Å². The average molecular weight is 353 g/mol. The normalized spacial score (nSPS) is 28.0. The molecule has 12 nitrogen and oxygen atoms in total. The Labute approximate surface area is 129 Å². The highest BCUT2D eigenvalue weighted by Crippen LogP contribution is 2.43. The second kappa shape index (κ2) is 6.53. The molecule has 2 heterocycles. The van der Waals surface area contributed by atoms with E-state index in [9.17, 15) is 19.6 Å². The van der Waals surface area contributed by atoms with Crippen LogP contribution in [-0.4, -0.2) is 61.6 Å². The average Bonchev–Trinajstić information content (AvgIpc) is 2.74. The second-order valence-electron chi connectivity index (χ2n) is 4.68. The summed E-state index contributed by atoms with van der Waals surface area (Å²) in [7, 11) is -3.67. The number of ether oxygens (including phenoxy) is 2. The lowest BCUT2D eigenvalue weighted by molar-refractivity contribution is -0.0550. The number of hydrogen-bond acceptors (Lipinski definition) is 9. The molecular weight excluding hydrogens is 337 g/mol. The summed E-state index contributed by atoms with van der Waals surface area (Å²) in [6.07, 6.45) is -4.77. The topological polar surface area (TPSA) is 187 Å². The number of phosphoric ester groups is 1. The zero-order chi connectivity index (χ0) is 17.4. The smallest absolute Gasteiger partial charge is 0.470 e. The van der Waals surface area contributed by atoms with E-state index >= 15 is 0 Å². The Morgan fingerprint density at radius 3 is 2.70 bits per heavy atom. The minimum Gasteiger partial charge on any atom is -0.491 e. The lowest BCUT2D eigenvalue weighted by atomic mass is 10.1. The van der Waals surface area contributed by atoms with Gasteiger partial charge in [0.15, 0.2) is 17.8 Å². The maximum atomic E-state index is 11.9. The lowest BCUT2D eigenvalue weighted by Crippen LogP contribution is -2.37. The van der Waals surface area contributed by atoms with Gasteiger partial charge in [-0.05, 0) is 0 Å². The Balaban J connectivity index is 2.38. The van der Waals surface area contributed by atoms with Crippen LogP contribution < -0.4 is 16.2 Å². The summed E-state index contributed by atoms with van der Waals surface area (Å²) < 4.78 is 26.4. The number of anilines is 1. The Hall–Kier alpha value is -1.53. The summed E-state index contributed by atoms with van der Waals surface area (Å²) in [4.78, 5) is 33.1. The van der Waals surface area contributed by atoms with Gasteiger partial charge >= 0.3 is 13.5 Å². The molecule has 0 unspecified atom stereocenters. The third kappa shape index (κ3) is 3.70. The predicted molar refractivity (Wildman–Crippen MR) is 73.4 cm³/mol. The van der Waals surface area contributed by atoms with E-state index in [0.29, 0.717) is 0 Å². The molecule has 0 aliphatic carbocycles. The number of methoxy groups -OCH3 is 1. The molecule has 2 rings (SSSR count). The van der Waals surface area contributed by atoms with Crippen LogP contribution in [0, 0.1) is 0 Å². The van der Waals surface area contributed by atoms with Gasteiger partial charge in [-0.1, -0.05) is 0 Å². The molecule has 130 valence electrons. The minimum atomic E-state index is -4.95. The van der Waals surface area contributed by atoms with Gasteiger partial charge < -0.3 is 35.2 Å². The molecule has 1 fully saturated rings. The van der Waals surface area contributed by atoms with Crippen LogP contribution in [0.15, 0.2) is 11.0 Å². The first kappa shape index (κ1) is 17.8. The number of aromatic nitrogens is 2. The van der Waals surface area contributed by atoms with Crippen molar-refractivity contribution < 1.29 is 38.6 Å². The third-order valence-corrected chi connectivity index (χ3v) is 3.71. The molecule has 1 aliphatic rings. The number of rotatable bonds is 5. The van der Waals surface area contributed by atoms with Crippen LogP contribution in [0.1, 0.15) is 6.23 Å². The van der Waals surface area contributed by atoms with Crippen LogP contribution in [-0.2, 0) is 13.8 Å². The SMILES string of the molecule is COc1cn([C@@H]2O[C@H](CO)[C@@H](OP(=O)(O)O)[C@H]2O)c(=O)nc1N. The van der Waals surface area contributed by atoms with Crippen LogP contribution in [0.3, 0.4) is 0 Å². The largest absolute Gasteiger partial charge is 0.491 e. The van der Waals surface area contributed by atoms with Crippen molar-refractivity contribution in [2.24, 2.45) is 0 Å². The van der Waals surface area contributed by atoms with Crippen LogP contribution in [0.5, 0.6) is 5.75 Å². The molecule has 1 aromatic rings. The van der Waals surface area contributed by atoms with Crippen molar-refractivity contribution in [1.82, 2.24) is 9.55 Å². The fourth-order valence-corrected chi connectivity index (χ4v) is 2.77. The molecule has 6 N–H and O–H groups in total. The maximum Gasteiger partial charge on any atom is 0.470 e. The zero-order valence-electron chi connectivity index (χ0n) is 11.8.